The molecule has 0 spiro atoms. The van der Waals surface area contributed by atoms with Gasteiger partial charge in [-0.15, -0.1) is 0 Å². The molecule has 2 unspecified atom stereocenters. The molecule has 0 aliphatic heterocycles. The monoisotopic (exact) mass is 297 g/mol. The van der Waals surface area contributed by atoms with Crippen LogP contribution in [0.2, 0.25) is 0 Å². The van der Waals surface area contributed by atoms with Crippen molar-refractivity contribution >= 4 is 11.8 Å². The maximum Gasteiger partial charge on any atom is 0.227 e. The highest BCUT2D eigenvalue weighted by atomic mass is 32.2. The lowest BCUT2D eigenvalue weighted by molar-refractivity contribution is 0.242. The van der Waals surface area contributed by atoms with Crippen LogP contribution in [0.4, 0.5) is 0 Å². The number of nitrogens with zero attached hydrogens (tertiary/aromatic N) is 2. The molecule has 2 rings (SSSR count). The predicted molar refractivity (Wildman–Crippen MR) is 83.9 cm³/mol. The molecule has 0 bridgehead atoms. The van der Waals surface area contributed by atoms with Crippen LogP contribution in [0.1, 0.15) is 58.2 Å². The zero-order chi connectivity index (χ0) is 14.4. The number of nitrogens with one attached hydrogen (secondary N) is 1. The second-order valence-corrected chi connectivity index (χ2v) is 7.44. The van der Waals surface area contributed by atoms with Gasteiger partial charge in [0, 0.05) is 12.5 Å². The molecule has 20 heavy (non-hydrogen) atoms. The second-order valence-electron chi connectivity index (χ2n) is 5.88. The minimum atomic E-state index is 0.605. The van der Waals surface area contributed by atoms with Crippen LogP contribution in [-0.2, 0) is 12.2 Å². The summed E-state index contributed by atoms with van der Waals surface area (Å²) in [6.07, 6.45) is 6.15. The summed E-state index contributed by atoms with van der Waals surface area (Å²) in [7, 11) is 0. The van der Waals surface area contributed by atoms with E-state index in [0.29, 0.717) is 17.2 Å². The van der Waals surface area contributed by atoms with E-state index in [1.807, 2.05) is 11.8 Å². The van der Waals surface area contributed by atoms with Crippen molar-refractivity contribution in [2.45, 2.75) is 69.9 Å². The maximum atomic E-state index is 5.42. The molecular weight excluding hydrogens is 270 g/mol. The van der Waals surface area contributed by atoms with E-state index in [9.17, 15) is 0 Å². The molecule has 1 aliphatic carbocycles. The first-order chi connectivity index (χ1) is 9.69. The van der Waals surface area contributed by atoms with Crippen LogP contribution in [0.3, 0.4) is 0 Å². The van der Waals surface area contributed by atoms with Crippen LogP contribution in [0.5, 0.6) is 0 Å². The van der Waals surface area contributed by atoms with E-state index in [4.69, 9.17) is 4.52 Å². The van der Waals surface area contributed by atoms with Crippen LogP contribution >= 0.6 is 11.8 Å². The third kappa shape index (κ3) is 4.77. The van der Waals surface area contributed by atoms with E-state index in [2.05, 4.69) is 36.2 Å². The Hall–Kier alpha value is -0.550. The van der Waals surface area contributed by atoms with Crippen molar-refractivity contribution in [2.75, 3.05) is 6.54 Å². The molecule has 0 saturated heterocycles. The molecule has 114 valence electrons. The van der Waals surface area contributed by atoms with Gasteiger partial charge in [-0.2, -0.15) is 16.7 Å². The zero-order valence-corrected chi connectivity index (χ0v) is 13.7. The summed E-state index contributed by atoms with van der Waals surface area (Å²) in [5.41, 5.74) is 0. The van der Waals surface area contributed by atoms with Gasteiger partial charge in [0.2, 0.25) is 5.89 Å². The molecule has 4 nitrogen and oxygen atoms in total. The minimum Gasteiger partial charge on any atom is -0.339 e. The Bertz CT molecular complexity index is 392. The van der Waals surface area contributed by atoms with Crippen LogP contribution in [0.15, 0.2) is 4.52 Å². The fourth-order valence-electron chi connectivity index (χ4n) is 2.88. The summed E-state index contributed by atoms with van der Waals surface area (Å²) in [6, 6.07) is 0.620. The lowest BCUT2D eigenvalue weighted by Crippen LogP contribution is -2.39. The molecule has 1 saturated carbocycles. The second kappa shape index (κ2) is 8.03. The van der Waals surface area contributed by atoms with E-state index in [1.54, 1.807) is 0 Å². The number of aromatic nitrogens is 2. The molecule has 1 fully saturated rings. The van der Waals surface area contributed by atoms with Crippen molar-refractivity contribution in [3.8, 4) is 0 Å². The van der Waals surface area contributed by atoms with Crippen molar-refractivity contribution in [3.63, 3.8) is 0 Å². The van der Waals surface area contributed by atoms with Gasteiger partial charge in [-0.3, -0.25) is 0 Å². The summed E-state index contributed by atoms with van der Waals surface area (Å²) < 4.78 is 5.42. The van der Waals surface area contributed by atoms with Crippen LogP contribution in [0, 0.1) is 5.92 Å². The van der Waals surface area contributed by atoms with Gasteiger partial charge in [-0.1, -0.05) is 38.8 Å². The molecule has 0 aromatic carbocycles. The van der Waals surface area contributed by atoms with Gasteiger partial charge in [0.25, 0.3) is 0 Å². The van der Waals surface area contributed by atoms with Crippen molar-refractivity contribution in [3.05, 3.63) is 11.7 Å². The number of hydrogen-bond acceptors (Lipinski definition) is 5. The van der Waals surface area contributed by atoms with E-state index in [0.717, 1.165) is 30.4 Å². The summed E-state index contributed by atoms with van der Waals surface area (Å²) in [5, 5.41) is 8.31. The Morgan fingerprint density at radius 2 is 2.15 bits per heavy atom. The van der Waals surface area contributed by atoms with Crippen LogP contribution in [0.25, 0.3) is 0 Å². The van der Waals surface area contributed by atoms with E-state index in [1.165, 1.54) is 25.7 Å². The first-order valence-corrected chi connectivity index (χ1v) is 8.90. The normalized spacial score (nSPS) is 23.4. The summed E-state index contributed by atoms with van der Waals surface area (Å²) >= 11 is 1.86. The fraction of sp³-hybridized carbons (Fsp3) is 0.867. The predicted octanol–water partition coefficient (Wildman–Crippen LogP) is 3.42. The van der Waals surface area contributed by atoms with Gasteiger partial charge < -0.3 is 9.84 Å². The summed E-state index contributed by atoms with van der Waals surface area (Å²) in [4.78, 5) is 4.54. The third-order valence-electron chi connectivity index (χ3n) is 3.87. The smallest absolute Gasteiger partial charge is 0.227 e. The third-order valence-corrected chi connectivity index (χ3v) is 4.96. The van der Waals surface area contributed by atoms with Crippen LogP contribution in [-0.4, -0.2) is 28.0 Å². The van der Waals surface area contributed by atoms with Gasteiger partial charge in [-0.25, -0.2) is 0 Å². The van der Waals surface area contributed by atoms with Crippen molar-refractivity contribution < 1.29 is 4.52 Å². The molecule has 1 aromatic heterocycles. The van der Waals surface area contributed by atoms with E-state index >= 15 is 0 Å². The molecule has 5 heteroatoms. The van der Waals surface area contributed by atoms with Gasteiger partial charge >= 0.3 is 0 Å². The lowest BCUT2D eigenvalue weighted by atomic mass is 9.82. The highest BCUT2D eigenvalue weighted by Gasteiger charge is 2.26. The number of rotatable bonds is 7. The molecule has 1 aromatic rings. The van der Waals surface area contributed by atoms with Crippen molar-refractivity contribution in [2.24, 2.45) is 5.92 Å². The SMILES string of the molecule is CCNC1CCCCC1Cc1nc(CSC(C)C)no1. The highest BCUT2D eigenvalue weighted by molar-refractivity contribution is 7.99. The Labute approximate surface area is 126 Å². The van der Waals surface area contributed by atoms with Crippen molar-refractivity contribution in [1.82, 2.24) is 15.5 Å². The molecule has 1 heterocycles. The highest BCUT2D eigenvalue weighted by Crippen LogP contribution is 2.27. The first-order valence-electron chi connectivity index (χ1n) is 7.85. The maximum absolute atomic E-state index is 5.42. The van der Waals surface area contributed by atoms with E-state index < -0.39 is 0 Å². The van der Waals surface area contributed by atoms with Gasteiger partial charge in [0.15, 0.2) is 5.82 Å². The first kappa shape index (κ1) is 15.8. The molecular formula is C15H27N3OS. The molecule has 1 aliphatic rings. The van der Waals surface area contributed by atoms with Gasteiger partial charge in [0.05, 0.1) is 5.75 Å². The Kier molecular flexibility index (Phi) is 6.36. The molecule has 2 atom stereocenters. The topological polar surface area (TPSA) is 51.0 Å². The van der Waals surface area contributed by atoms with Gasteiger partial charge in [-0.05, 0) is 30.6 Å². The molecule has 0 radical (unpaired) electrons. The molecule has 1 N–H and O–H groups in total. The fourth-order valence-corrected chi connectivity index (χ4v) is 3.48. The number of thioether (sulfide) groups is 1. The van der Waals surface area contributed by atoms with Gasteiger partial charge in [0.1, 0.15) is 0 Å². The summed E-state index contributed by atoms with van der Waals surface area (Å²) in [5.74, 6) is 3.16. The Balaban J connectivity index is 1.88. The molecule has 0 amide bonds. The lowest BCUT2D eigenvalue weighted by Gasteiger charge is -2.31. The van der Waals surface area contributed by atoms with Crippen LogP contribution < -0.4 is 5.32 Å². The van der Waals surface area contributed by atoms with Crippen molar-refractivity contribution in [1.29, 1.82) is 0 Å². The zero-order valence-electron chi connectivity index (χ0n) is 12.9. The standard InChI is InChI=1S/C15H27N3OS/c1-4-16-13-8-6-5-7-12(13)9-15-17-14(18-19-15)10-20-11(2)3/h11-13,16H,4-10H2,1-3H3. The Morgan fingerprint density at radius 1 is 1.35 bits per heavy atom. The Morgan fingerprint density at radius 3 is 2.90 bits per heavy atom. The average Bonchev–Trinajstić information content (AvgIpc) is 2.87. The quantitative estimate of drug-likeness (QED) is 0.835. The van der Waals surface area contributed by atoms with E-state index in [-0.39, 0.29) is 0 Å². The average molecular weight is 297 g/mol. The number of hydrogen-bond donors (Lipinski definition) is 1. The summed E-state index contributed by atoms with van der Waals surface area (Å²) in [6.45, 7) is 7.60. The largest absolute Gasteiger partial charge is 0.339 e. The minimum absolute atomic E-state index is 0.605.